The molecule has 5 nitrogen and oxygen atoms in total. The van der Waals surface area contributed by atoms with E-state index < -0.39 is 35.0 Å². The molecule has 2 amide bonds. The lowest BCUT2D eigenvalue weighted by Gasteiger charge is -2.33. The molecular weight excluding hydrogens is 452 g/mol. The summed E-state index contributed by atoms with van der Waals surface area (Å²) in [7, 11) is 0. The first-order valence-electron chi connectivity index (χ1n) is 10.6. The van der Waals surface area contributed by atoms with E-state index in [0.29, 0.717) is 44.5 Å². The van der Waals surface area contributed by atoms with Crippen LogP contribution in [0.15, 0.2) is 18.2 Å². The van der Waals surface area contributed by atoms with Gasteiger partial charge in [0.25, 0.3) is 5.91 Å². The Morgan fingerprint density at radius 3 is 1.94 bits per heavy atom. The van der Waals surface area contributed by atoms with Crippen LogP contribution in [0.5, 0.6) is 0 Å². The maximum atomic E-state index is 13.0. The summed E-state index contributed by atoms with van der Waals surface area (Å²) in [5, 5.41) is 5.49. The molecule has 1 aromatic carbocycles. The van der Waals surface area contributed by atoms with E-state index in [0.717, 1.165) is 0 Å². The molecule has 1 spiro atoms. The second-order valence-corrected chi connectivity index (χ2v) is 9.96. The van der Waals surface area contributed by atoms with Crippen molar-refractivity contribution in [3.8, 4) is 0 Å². The van der Waals surface area contributed by atoms with Crippen LogP contribution in [0.2, 0.25) is 0 Å². The molecule has 184 valence electrons. The number of rotatable bonds is 4. The van der Waals surface area contributed by atoms with Crippen molar-refractivity contribution in [1.29, 1.82) is 0 Å². The number of carbonyl (C=O) groups is 2. The predicted octanol–water partition coefficient (Wildman–Crippen LogP) is 4.22. The Morgan fingerprint density at radius 1 is 0.970 bits per heavy atom. The summed E-state index contributed by atoms with van der Waals surface area (Å²) < 4.78 is 78.3. The van der Waals surface area contributed by atoms with E-state index in [4.69, 9.17) is 0 Å². The average Bonchev–Trinajstić information content (AvgIpc) is 3.31. The fraction of sp³-hybridized carbons (Fsp3) is 0.636. The van der Waals surface area contributed by atoms with Crippen LogP contribution in [-0.2, 0) is 17.1 Å². The van der Waals surface area contributed by atoms with Crippen LogP contribution >= 0.6 is 0 Å². The lowest BCUT2D eigenvalue weighted by Crippen LogP contribution is -2.48. The fourth-order valence-corrected chi connectivity index (χ4v) is 4.25. The lowest BCUT2D eigenvalue weighted by molar-refractivity contribution is -0.143. The number of alkyl halides is 6. The van der Waals surface area contributed by atoms with Crippen molar-refractivity contribution in [2.75, 3.05) is 19.6 Å². The molecule has 2 aliphatic rings. The highest BCUT2D eigenvalue weighted by Gasteiger charge is 2.55. The number of halogens is 6. The van der Waals surface area contributed by atoms with E-state index in [1.165, 1.54) is 0 Å². The highest BCUT2D eigenvalue weighted by Crippen LogP contribution is 2.54. The summed E-state index contributed by atoms with van der Waals surface area (Å²) in [5.74, 6) is -1.05. The van der Waals surface area contributed by atoms with Crippen molar-refractivity contribution in [2.45, 2.75) is 64.0 Å². The van der Waals surface area contributed by atoms with Gasteiger partial charge in [0.2, 0.25) is 5.91 Å². The molecule has 2 N–H and O–H groups in total. The number of piperidine rings is 1. The molecule has 3 rings (SSSR count). The molecule has 0 aromatic heterocycles. The van der Waals surface area contributed by atoms with Crippen molar-refractivity contribution in [3.63, 3.8) is 0 Å². The summed E-state index contributed by atoms with van der Waals surface area (Å²) in [6.07, 6.45) is -8.06. The summed E-state index contributed by atoms with van der Waals surface area (Å²) in [6.45, 7) is 7.13. The van der Waals surface area contributed by atoms with Gasteiger partial charge in [-0.15, -0.1) is 0 Å². The zero-order chi connectivity index (χ0) is 24.8. The molecule has 1 aromatic rings. The molecule has 11 heteroatoms. The lowest BCUT2D eigenvalue weighted by atomic mass is 9.92. The smallest absolute Gasteiger partial charge is 0.350 e. The first kappa shape index (κ1) is 25.3. The van der Waals surface area contributed by atoms with E-state index in [-0.39, 0.29) is 35.5 Å². The first-order chi connectivity index (χ1) is 15.0. The molecule has 1 aliphatic heterocycles. The summed E-state index contributed by atoms with van der Waals surface area (Å²) in [6, 6.07) is 0.562. The zero-order valence-electron chi connectivity index (χ0n) is 18.6. The van der Waals surface area contributed by atoms with Crippen molar-refractivity contribution in [3.05, 3.63) is 34.9 Å². The van der Waals surface area contributed by atoms with E-state index >= 15 is 0 Å². The van der Waals surface area contributed by atoms with Crippen LogP contribution in [0.4, 0.5) is 26.3 Å². The topological polar surface area (TPSA) is 61.4 Å². The molecule has 2 fully saturated rings. The number of hydrogen-bond donors (Lipinski definition) is 2. The van der Waals surface area contributed by atoms with Gasteiger partial charge >= 0.3 is 12.4 Å². The standard InChI is InChI=1S/C22H27F6N3O2/c1-19(2,3)30-17(32)12-31-6-4-20(5-7-31)11-16(20)29-18(33)13-8-14(21(23,24)25)10-15(9-13)22(26,27)28/h8-10,16H,4-7,11-12H2,1-3H3,(H,29,33)(H,30,32)/t16-/m1/s1. The van der Waals surface area contributed by atoms with Gasteiger partial charge < -0.3 is 10.6 Å². The molecule has 1 atom stereocenters. The summed E-state index contributed by atoms with van der Waals surface area (Å²) in [5.41, 5.74) is -4.28. The number of hydrogen-bond acceptors (Lipinski definition) is 3. The molecule has 1 saturated carbocycles. The molecule has 1 aliphatic carbocycles. The van der Waals surface area contributed by atoms with Crippen molar-refractivity contribution < 1.29 is 35.9 Å². The maximum absolute atomic E-state index is 13.0. The van der Waals surface area contributed by atoms with Crippen LogP contribution in [0.25, 0.3) is 0 Å². The minimum absolute atomic E-state index is 0.000921. The Kier molecular flexibility index (Phi) is 6.51. The Morgan fingerprint density at radius 2 is 1.48 bits per heavy atom. The first-order valence-corrected chi connectivity index (χ1v) is 10.6. The highest BCUT2D eigenvalue weighted by atomic mass is 19.4. The normalized spacial score (nSPS) is 21.1. The third kappa shape index (κ3) is 6.39. The molecule has 0 radical (unpaired) electrons. The van der Waals surface area contributed by atoms with E-state index in [1.54, 1.807) is 0 Å². The molecule has 33 heavy (non-hydrogen) atoms. The third-order valence-electron chi connectivity index (χ3n) is 6.08. The van der Waals surface area contributed by atoms with Gasteiger partial charge in [-0.25, -0.2) is 0 Å². The Hall–Kier alpha value is -2.30. The molecule has 0 bridgehead atoms. The van der Waals surface area contributed by atoms with Crippen molar-refractivity contribution >= 4 is 11.8 Å². The number of benzene rings is 1. The Balaban J connectivity index is 1.61. The number of amides is 2. The third-order valence-corrected chi connectivity index (χ3v) is 6.08. The van der Waals surface area contributed by atoms with Gasteiger partial charge in [-0.05, 0) is 76.7 Å². The van der Waals surface area contributed by atoms with Crippen LogP contribution < -0.4 is 10.6 Å². The fourth-order valence-electron chi connectivity index (χ4n) is 4.25. The van der Waals surface area contributed by atoms with E-state index in [2.05, 4.69) is 10.6 Å². The van der Waals surface area contributed by atoms with E-state index in [9.17, 15) is 35.9 Å². The van der Waals surface area contributed by atoms with Crippen molar-refractivity contribution in [2.24, 2.45) is 5.41 Å². The monoisotopic (exact) mass is 479 g/mol. The number of likely N-dealkylation sites (tertiary alicyclic amines) is 1. The Labute approximate surface area is 187 Å². The van der Waals surface area contributed by atoms with Gasteiger partial charge in [-0.2, -0.15) is 26.3 Å². The van der Waals surface area contributed by atoms with Crippen LogP contribution in [0.1, 0.15) is 61.5 Å². The van der Waals surface area contributed by atoms with Gasteiger partial charge in [0.1, 0.15) is 0 Å². The molecule has 0 unspecified atom stereocenters. The van der Waals surface area contributed by atoms with Crippen LogP contribution in [-0.4, -0.2) is 47.9 Å². The zero-order valence-corrected chi connectivity index (χ0v) is 18.6. The molecule has 1 heterocycles. The summed E-state index contributed by atoms with van der Waals surface area (Å²) >= 11 is 0. The van der Waals surface area contributed by atoms with Gasteiger partial charge in [-0.3, -0.25) is 14.5 Å². The van der Waals surface area contributed by atoms with Crippen LogP contribution in [0.3, 0.4) is 0 Å². The second-order valence-electron chi connectivity index (χ2n) is 9.96. The largest absolute Gasteiger partial charge is 0.416 e. The van der Waals surface area contributed by atoms with Gasteiger partial charge in [0, 0.05) is 17.1 Å². The van der Waals surface area contributed by atoms with Crippen LogP contribution in [0, 0.1) is 5.41 Å². The predicted molar refractivity (Wildman–Crippen MR) is 108 cm³/mol. The van der Waals surface area contributed by atoms with Crippen molar-refractivity contribution in [1.82, 2.24) is 15.5 Å². The van der Waals surface area contributed by atoms with Gasteiger partial charge in [0.05, 0.1) is 17.7 Å². The average molecular weight is 479 g/mol. The number of carbonyl (C=O) groups excluding carboxylic acids is 2. The minimum atomic E-state index is -5.01. The minimum Gasteiger partial charge on any atom is -0.350 e. The quantitative estimate of drug-likeness (QED) is 0.636. The summed E-state index contributed by atoms with van der Waals surface area (Å²) in [4.78, 5) is 26.6. The van der Waals surface area contributed by atoms with Gasteiger partial charge in [0.15, 0.2) is 0 Å². The highest BCUT2D eigenvalue weighted by molar-refractivity contribution is 5.95. The SMILES string of the molecule is CC(C)(C)NC(=O)CN1CCC2(CC1)C[C@H]2NC(=O)c1cc(C(F)(F)F)cc(C(F)(F)F)c1. The Bertz CT molecular complexity index is 880. The number of nitrogens with zero attached hydrogens (tertiary/aromatic N) is 1. The molecular formula is C22H27F6N3O2. The maximum Gasteiger partial charge on any atom is 0.416 e. The number of nitrogens with one attached hydrogen (secondary N) is 2. The van der Waals surface area contributed by atoms with E-state index in [1.807, 2.05) is 25.7 Å². The molecule has 1 saturated heterocycles. The second kappa shape index (κ2) is 8.48. The van der Waals surface area contributed by atoms with Gasteiger partial charge in [-0.1, -0.05) is 0 Å².